The lowest BCUT2D eigenvalue weighted by Crippen LogP contribution is -2.31. The van der Waals surface area contributed by atoms with Gasteiger partial charge >= 0.3 is 0 Å². The Morgan fingerprint density at radius 3 is 2.89 bits per heavy atom. The molecule has 0 spiro atoms. The van der Waals surface area contributed by atoms with Crippen molar-refractivity contribution in [3.05, 3.63) is 20.3 Å². The topological polar surface area (TPSA) is 21.3 Å². The number of halogens is 1. The van der Waals surface area contributed by atoms with Crippen molar-refractivity contribution in [3.8, 4) is 0 Å². The largest absolute Gasteiger partial charge is 0.378 e. The summed E-state index contributed by atoms with van der Waals surface area (Å²) in [5, 5.41) is 3.71. The summed E-state index contributed by atoms with van der Waals surface area (Å²) in [7, 11) is 0. The first kappa shape index (κ1) is 14.5. The van der Waals surface area contributed by atoms with Gasteiger partial charge in [0.2, 0.25) is 0 Å². The lowest BCUT2D eigenvalue weighted by molar-refractivity contribution is 0.0957. The highest BCUT2D eigenvalue weighted by molar-refractivity contribution is 9.10. The number of ether oxygens (including phenoxy) is 1. The summed E-state index contributed by atoms with van der Waals surface area (Å²) in [6.45, 7) is 8.57. The molecular weight excluding hydrogens is 310 g/mol. The standard InChI is InChI=1S/C14H22BrNOS/c1-4-6-16-14(11-5-7-17-9(11)2)13-8-12(15)10(3)18-13/h8-9,11,14,16H,4-7H2,1-3H3. The van der Waals surface area contributed by atoms with E-state index >= 15 is 0 Å². The summed E-state index contributed by atoms with van der Waals surface area (Å²) < 4.78 is 6.97. The summed E-state index contributed by atoms with van der Waals surface area (Å²) in [5.74, 6) is 0.599. The molecule has 2 nitrogen and oxygen atoms in total. The molecule has 4 heteroatoms. The van der Waals surface area contributed by atoms with Gasteiger partial charge < -0.3 is 10.1 Å². The fourth-order valence-corrected chi connectivity index (χ4v) is 4.30. The number of hydrogen-bond acceptors (Lipinski definition) is 3. The number of aryl methyl sites for hydroxylation is 1. The molecule has 1 N–H and O–H groups in total. The normalized spacial score (nSPS) is 25.6. The number of nitrogens with one attached hydrogen (secondary N) is 1. The molecule has 1 aliphatic heterocycles. The van der Waals surface area contributed by atoms with Gasteiger partial charge in [0.25, 0.3) is 0 Å². The SMILES string of the molecule is CCCNC(c1cc(Br)c(C)s1)C1CCOC1C. The summed E-state index contributed by atoms with van der Waals surface area (Å²) in [6.07, 6.45) is 2.70. The van der Waals surface area contributed by atoms with Crippen LogP contribution in [0, 0.1) is 12.8 Å². The molecule has 0 aliphatic carbocycles. The van der Waals surface area contributed by atoms with Gasteiger partial charge in [-0.15, -0.1) is 11.3 Å². The maximum absolute atomic E-state index is 5.74. The van der Waals surface area contributed by atoms with Gasteiger partial charge in [0.15, 0.2) is 0 Å². The van der Waals surface area contributed by atoms with Gasteiger partial charge in [-0.25, -0.2) is 0 Å². The Bertz CT molecular complexity index is 374. The first-order chi connectivity index (χ1) is 8.63. The number of thiophene rings is 1. The number of hydrogen-bond donors (Lipinski definition) is 1. The van der Waals surface area contributed by atoms with E-state index in [2.05, 4.69) is 48.1 Å². The van der Waals surface area contributed by atoms with Crippen LogP contribution < -0.4 is 5.32 Å². The second-order valence-electron chi connectivity index (χ2n) is 5.01. The van der Waals surface area contributed by atoms with E-state index in [1.807, 2.05) is 11.3 Å². The van der Waals surface area contributed by atoms with Gasteiger partial charge in [-0.2, -0.15) is 0 Å². The fraction of sp³-hybridized carbons (Fsp3) is 0.714. The van der Waals surface area contributed by atoms with Crippen molar-refractivity contribution in [1.29, 1.82) is 0 Å². The van der Waals surface area contributed by atoms with E-state index in [0.717, 1.165) is 19.6 Å². The Labute approximate surface area is 122 Å². The van der Waals surface area contributed by atoms with Crippen LogP contribution in [0.5, 0.6) is 0 Å². The van der Waals surface area contributed by atoms with Crippen molar-refractivity contribution < 1.29 is 4.74 Å². The maximum atomic E-state index is 5.74. The third kappa shape index (κ3) is 3.16. The van der Waals surface area contributed by atoms with E-state index in [4.69, 9.17) is 4.74 Å². The molecule has 3 unspecified atom stereocenters. The monoisotopic (exact) mass is 331 g/mol. The number of rotatable bonds is 5. The highest BCUT2D eigenvalue weighted by atomic mass is 79.9. The zero-order chi connectivity index (χ0) is 13.1. The maximum Gasteiger partial charge on any atom is 0.0594 e. The smallest absolute Gasteiger partial charge is 0.0594 e. The summed E-state index contributed by atoms with van der Waals surface area (Å²) in [5.41, 5.74) is 0. The molecule has 0 amide bonds. The van der Waals surface area contributed by atoms with Crippen LogP contribution in [0.4, 0.5) is 0 Å². The minimum absolute atomic E-state index is 0.362. The van der Waals surface area contributed by atoms with Crippen LogP contribution >= 0.6 is 27.3 Å². The minimum Gasteiger partial charge on any atom is -0.378 e. The van der Waals surface area contributed by atoms with Crippen LogP contribution in [0.1, 0.15) is 42.5 Å². The summed E-state index contributed by atoms with van der Waals surface area (Å²) in [4.78, 5) is 2.80. The summed E-state index contributed by atoms with van der Waals surface area (Å²) in [6, 6.07) is 2.72. The molecule has 1 aromatic rings. The molecule has 1 aliphatic rings. The molecule has 1 aromatic heterocycles. The van der Waals surface area contributed by atoms with Crippen LogP contribution in [-0.2, 0) is 4.74 Å². The molecule has 1 fully saturated rings. The lowest BCUT2D eigenvalue weighted by Gasteiger charge is -2.26. The van der Waals surface area contributed by atoms with Crippen LogP contribution in [0.2, 0.25) is 0 Å². The van der Waals surface area contributed by atoms with Gasteiger partial charge in [0.1, 0.15) is 0 Å². The fourth-order valence-electron chi connectivity index (χ4n) is 2.58. The van der Waals surface area contributed by atoms with E-state index in [1.54, 1.807) is 0 Å². The molecule has 0 radical (unpaired) electrons. The van der Waals surface area contributed by atoms with Gasteiger partial charge in [0.05, 0.1) is 6.10 Å². The zero-order valence-electron chi connectivity index (χ0n) is 11.3. The molecule has 3 atom stereocenters. The Morgan fingerprint density at radius 1 is 1.61 bits per heavy atom. The Kier molecular flexibility index (Phi) is 5.24. The molecule has 102 valence electrons. The Balaban J connectivity index is 2.18. The van der Waals surface area contributed by atoms with Gasteiger partial charge in [-0.05, 0) is 55.2 Å². The average Bonchev–Trinajstić information content (AvgIpc) is 2.88. The van der Waals surface area contributed by atoms with Crippen molar-refractivity contribution in [3.63, 3.8) is 0 Å². The third-order valence-electron chi connectivity index (χ3n) is 3.66. The van der Waals surface area contributed by atoms with E-state index in [1.165, 1.54) is 20.6 Å². The molecule has 0 saturated carbocycles. The highest BCUT2D eigenvalue weighted by Gasteiger charge is 2.33. The molecule has 2 heterocycles. The zero-order valence-corrected chi connectivity index (χ0v) is 13.7. The van der Waals surface area contributed by atoms with Gasteiger partial charge in [-0.1, -0.05) is 6.92 Å². The van der Waals surface area contributed by atoms with Gasteiger partial charge in [-0.3, -0.25) is 0 Å². The van der Waals surface area contributed by atoms with E-state index in [0.29, 0.717) is 18.1 Å². The minimum atomic E-state index is 0.362. The molecular formula is C14H22BrNOS. The molecule has 2 rings (SSSR count). The van der Waals surface area contributed by atoms with Crippen LogP contribution in [0.3, 0.4) is 0 Å². The third-order valence-corrected chi connectivity index (χ3v) is 5.88. The molecule has 18 heavy (non-hydrogen) atoms. The predicted octanol–water partition coefficient (Wildman–Crippen LogP) is 4.28. The van der Waals surface area contributed by atoms with E-state index in [9.17, 15) is 0 Å². The van der Waals surface area contributed by atoms with Crippen molar-refractivity contribution in [2.24, 2.45) is 5.92 Å². The van der Waals surface area contributed by atoms with Crippen LogP contribution in [0.25, 0.3) is 0 Å². The predicted molar refractivity (Wildman–Crippen MR) is 81.3 cm³/mol. The van der Waals surface area contributed by atoms with E-state index < -0.39 is 0 Å². The Morgan fingerprint density at radius 2 is 2.39 bits per heavy atom. The van der Waals surface area contributed by atoms with E-state index in [-0.39, 0.29) is 0 Å². The lowest BCUT2D eigenvalue weighted by atomic mass is 9.92. The highest BCUT2D eigenvalue weighted by Crippen LogP contribution is 2.38. The van der Waals surface area contributed by atoms with Crippen molar-refractivity contribution in [2.45, 2.75) is 45.8 Å². The first-order valence-corrected chi connectivity index (χ1v) is 8.35. The molecule has 1 saturated heterocycles. The average molecular weight is 332 g/mol. The van der Waals surface area contributed by atoms with Crippen LogP contribution in [-0.4, -0.2) is 19.3 Å². The molecule has 0 aromatic carbocycles. The quantitative estimate of drug-likeness (QED) is 0.869. The van der Waals surface area contributed by atoms with Gasteiger partial charge in [0, 0.05) is 32.8 Å². The van der Waals surface area contributed by atoms with Crippen molar-refractivity contribution >= 4 is 27.3 Å². The van der Waals surface area contributed by atoms with Crippen molar-refractivity contribution in [1.82, 2.24) is 5.32 Å². The van der Waals surface area contributed by atoms with Crippen LogP contribution in [0.15, 0.2) is 10.5 Å². The second-order valence-corrected chi connectivity index (χ2v) is 7.16. The first-order valence-electron chi connectivity index (χ1n) is 6.74. The Hall–Kier alpha value is 0.1000. The van der Waals surface area contributed by atoms with Crippen molar-refractivity contribution in [2.75, 3.05) is 13.2 Å². The summed E-state index contributed by atoms with van der Waals surface area (Å²) >= 11 is 5.52. The molecule has 0 bridgehead atoms. The second kappa shape index (κ2) is 6.51.